The molecule has 0 saturated heterocycles. The molecule has 2 heteroatoms. The first kappa shape index (κ1) is 21.6. The highest BCUT2D eigenvalue weighted by Crippen LogP contribution is 2.29. The number of aryl methyl sites for hydroxylation is 1. The molecular weight excluding hydrogens is 388 g/mol. The number of nitrogen functional groups attached to an aromatic ring is 1. The minimum absolute atomic E-state index is 0.144. The van der Waals surface area contributed by atoms with Crippen LogP contribution in [0.15, 0.2) is 91.1 Å². The summed E-state index contributed by atoms with van der Waals surface area (Å²) in [6.45, 7) is 6.74. The molecule has 1 aromatic heterocycles. The lowest BCUT2D eigenvalue weighted by atomic mass is 9.86. The number of nitrogens with two attached hydrogens (primary N) is 1. The molecule has 0 unspecified atom stereocenters. The Bertz CT molecular complexity index is 1230. The highest BCUT2D eigenvalue weighted by molar-refractivity contribution is 5.82. The Balaban J connectivity index is 1.81. The van der Waals surface area contributed by atoms with E-state index in [1.807, 2.05) is 24.3 Å². The third-order valence-electron chi connectivity index (χ3n) is 5.83. The molecule has 0 bridgehead atoms. The normalized spacial score (nSPS) is 11.8. The van der Waals surface area contributed by atoms with Crippen LogP contribution in [0.5, 0.6) is 0 Å². The third kappa shape index (κ3) is 4.81. The Morgan fingerprint density at radius 2 is 1.41 bits per heavy atom. The van der Waals surface area contributed by atoms with Gasteiger partial charge in [0.15, 0.2) is 6.20 Å². The monoisotopic (exact) mass is 419 g/mol. The number of nitrogens with zero attached hydrogens (tertiary/aromatic N) is 1. The van der Waals surface area contributed by atoms with Crippen molar-refractivity contribution in [3.05, 3.63) is 108 Å². The van der Waals surface area contributed by atoms with E-state index in [0.29, 0.717) is 0 Å². The summed E-state index contributed by atoms with van der Waals surface area (Å²) in [6.07, 6.45) is 6.57. The zero-order valence-electron chi connectivity index (χ0n) is 19.3. The molecule has 0 aliphatic heterocycles. The van der Waals surface area contributed by atoms with E-state index in [4.69, 9.17) is 5.73 Å². The molecule has 3 aromatic carbocycles. The summed E-state index contributed by atoms with van der Waals surface area (Å²) in [5.41, 5.74) is 15.2. The average molecular weight is 420 g/mol. The number of anilines is 1. The first-order chi connectivity index (χ1) is 15.3. The fourth-order valence-electron chi connectivity index (χ4n) is 3.88. The molecule has 0 amide bonds. The van der Waals surface area contributed by atoms with Crippen LogP contribution in [-0.4, -0.2) is 0 Å². The van der Waals surface area contributed by atoms with E-state index in [-0.39, 0.29) is 5.41 Å². The van der Waals surface area contributed by atoms with E-state index in [0.717, 1.165) is 11.3 Å². The van der Waals surface area contributed by atoms with E-state index < -0.39 is 0 Å². The summed E-state index contributed by atoms with van der Waals surface area (Å²) < 4.78 is 2.22. The van der Waals surface area contributed by atoms with Crippen molar-refractivity contribution in [3.8, 4) is 22.4 Å². The maximum atomic E-state index is 5.85. The van der Waals surface area contributed by atoms with Crippen molar-refractivity contribution in [1.29, 1.82) is 0 Å². The Hall–Kier alpha value is -3.65. The summed E-state index contributed by atoms with van der Waals surface area (Å²) in [5, 5.41) is 0. The quantitative estimate of drug-likeness (QED) is 0.283. The Labute approximate surface area is 191 Å². The summed E-state index contributed by atoms with van der Waals surface area (Å²) in [7, 11) is 2.12. The number of rotatable bonds is 4. The summed E-state index contributed by atoms with van der Waals surface area (Å²) in [4.78, 5) is 0. The van der Waals surface area contributed by atoms with Gasteiger partial charge < -0.3 is 5.73 Å². The highest BCUT2D eigenvalue weighted by atomic mass is 14.9. The van der Waals surface area contributed by atoms with Gasteiger partial charge in [0.1, 0.15) is 7.05 Å². The number of aromatic nitrogens is 1. The van der Waals surface area contributed by atoms with Gasteiger partial charge in [0.2, 0.25) is 5.69 Å². The van der Waals surface area contributed by atoms with Crippen LogP contribution >= 0.6 is 0 Å². The van der Waals surface area contributed by atoms with Crippen LogP contribution in [0, 0.1) is 0 Å². The first-order valence-electron chi connectivity index (χ1n) is 11.0. The van der Waals surface area contributed by atoms with Crippen molar-refractivity contribution < 1.29 is 4.57 Å². The fraction of sp³-hybridized carbons (Fsp3) is 0.167. The molecule has 0 aliphatic carbocycles. The molecule has 0 fully saturated rings. The highest BCUT2D eigenvalue weighted by Gasteiger charge is 2.18. The van der Waals surface area contributed by atoms with Gasteiger partial charge in [-0.1, -0.05) is 87.5 Å². The summed E-state index contributed by atoms with van der Waals surface area (Å²) >= 11 is 0. The number of pyridine rings is 1. The molecule has 0 aliphatic rings. The van der Waals surface area contributed by atoms with Crippen LogP contribution in [0.1, 0.15) is 37.5 Å². The topological polar surface area (TPSA) is 29.9 Å². The van der Waals surface area contributed by atoms with Gasteiger partial charge in [-0.15, -0.1) is 0 Å². The summed E-state index contributed by atoms with van der Waals surface area (Å²) in [6, 6.07) is 29.7. The maximum absolute atomic E-state index is 5.85. The third-order valence-corrected chi connectivity index (χ3v) is 5.83. The standard InChI is InChI=1S/C30H30N2/c1-30(2,3)26-16-14-24(15-17-26)29-20-25(13-10-22-11-18-27(31)19-12-22)28(21-32(29)4)23-8-6-5-7-9-23/h5-21,31H,1-4H3/p+1. The molecule has 0 spiro atoms. The van der Waals surface area contributed by atoms with Gasteiger partial charge in [-0.2, -0.15) is 0 Å². The van der Waals surface area contributed by atoms with Crippen LogP contribution in [0.25, 0.3) is 34.5 Å². The van der Waals surface area contributed by atoms with Gasteiger partial charge in [-0.05, 0) is 51.9 Å². The van der Waals surface area contributed by atoms with Gasteiger partial charge in [0.05, 0.1) is 5.56 Å². The van der Waals surface area contributed by atoms with Crippen molar-refractivity contribution in [2.75, 3.05) is 5.73 Å². The Morgan fingerprint density at radius 3 is 2.03 bits per heavy atom. The van der Waals surface area contributed by atoms with Gasteiger partial charge in [-0.25, -0.2) is 4.57 Å². The molecule has 1 heterocycles. The lowest BCUT2D eigenvalue weighted by Crippen LogP contribution is -2.31. The Morgan fingerprint density at radius 1 is 0.750 bits per heavy atom. The zero-order chi connectivity index (χ0) is 22.7. The molecule has 4 rings (SSSR count). The number of hydrogen-bond donors (Lipinski definition) is 1. The van der Waals surface area contributed by atoms with Crippen molar-refractivity contribution >= 4 is 17.8 Å². The van der Waals surface area contributed by atoms with E-state index >= 15 is 0 Å². The zero-order valence-corrected chi connectivity index (χ0v) is 19.3. The smallest absolute Gasteiger partial charge is 0.212 e. The number of benzene rings is 3. The lowest BCUT2D eigenvalue weighted by molar-refractivity contribution is -0.659. The molecule has 0 radical (unpaired) electrons. The van der Waals surface area contributed by atoms with E-state index in [1.165, 1.54) is 33.5 Å². The van der Waals surface area contributed by atoms with E-state index in [2.05, 4.69) is 111 Å². The minimum Gasteiger partial charge on any atom is -0.399 e. The largest absolute Gasteiger partial charge is 0.399 e. The van der Waals surface area contributed by atoms with Gasteiger partial charge >= 0.3 is 0 Å². The molecular formula is C30H31N2+. The average Bonchev–Trinajstić information content (AvgIpc) is 2.79. The molecule has 4 aromatic rings. The van der Waals surface area contributed by atoms with E-state index in [9.17, 15) is 0 Å². The first-order valence-corrected chi connectivity index (χ1v) is 11.0. The maximum Gasteiger partial charge on any atom is 0.212 e. The van der Waals surface area contributed by atoms with Crippen LogP contribution < -0.4 is 10.3 Å². The molecule has 2 nitrogen and oxygen atoms in total. The second-order valence-electron chi connectivity index (χ2n) is 9.33. The van der Waals surface area contributed by atoms with E-state index in [1.54, 1.807) is 0 Å². The molecule has 160 valence electrons. The summed E-state index contributed by atoms with van der Waals surface area (Å²) in [5.74, 6) is 0. The SMILES string of the molecule is C[n+]1cc(-c2ccccc2)c(/C=C/c2ccc(N)cc2)cc1-c1ccc(C(C)(C)C)cc1. The van der Waals surface area contributed by atoms with Gasteiger partial charge in [0, 0.05) is 17.3 Å². The predicted molar refractivity (Wildman–Crippen MR) is 137 cm³/mol. The van der Waals surface area contributed by atoms with Gasteiger partial charge in [-0.3, -0.25) is 0 Å². The van der Waals surface area contributed by atoms with Crippen LogP contribution in [0.2, 0.25) is 0 Å². The molecule has 0 atom stereocenters. The molecule has 32 heavy (non-hydrogen) atoms. The van der Waals surface area contributed by atoms with Crippen molar-refractivity contribution in [3.63, 3.8) is 0 Å². The molecule has 2 N–H and O–H groups in total. The van der Waals surface area contributed by atoms with Crippen LogP contribution in [0.4, 0.5) is 5.69 Å². The minimum atomic E-state index is 0.144. The fourth-order valence-corrected chi connectivity index (χ4v) is 3.88. The van der Waals surface area contributed by atoms with Gasteiger partial charge in [0.25, 0.3) is 0 Å². The van der Waals surface area contributed by atoms with Crippen molar-refractivity contribution in [1.82, 2.24) is 0 Å². The Kier molecular flexibility index (Phi) is 5.96. The lowest BCUT2D eigenvalue weighted by Gasteiger charge is -2.19. The van der Waals surface area contributed by atoms with Crippen LogP contribution in [-0.2, 0) is 12.5 Å². The predicted octanol–water partition coefficient (Wildman–Crippen LogP) is 6.90. The van der Waals surface area contributed by atoms with Crippen LogP contribution in [0.3, 0.4) is 0 Å². The second kappa shape index (κ2) is 8.84. The van der Waals surface area contributed by atoms with Crippen molar-refractivity contribution in [2.45, 2.75) is 26.2 Å². The molecule has 0 saturated carbocycles. The van der Waals surface area contributed by atoms with Crippen molar-refractivity contribution in [2.24, 2.45) is 7.05 Å². The second-order valence-corrected chi connectivity index (χ2v) is 9.33. The number of hydrogen-bond acceptors (Lipinski definition) is 1.